The van der Waals surface area contributed by atoms with Crippen LogP contribution in [0.2, 0.25) is 0 Å². The second-order valence-corrected chi connectivity index (χ2v) is 8.21. The molecule has 1 heterocycles. The van der Waals surface area contributed by atoms with E-state index in [4.69, 9.17) is 10.5 Å². The van der Waals surface area contributed by atoms with Crippen molar-refractivity contribution in [1.29, 1.82) is 0 Å². The number of primary amides is 1. The smallest absolute Gasteiger partial charge is 0.230 e. The number of benzene rings is 1. The average Bonchev–Trinajstić information content (AvgIpc) is 3.06. The van der Waals surface area contributed by atoms with Gasteiger partial charge in [0.15, 0.2) is 8.68 Å². The predicted molar refractivity (Wildman–Crippen MR) is 100 cm³/mol. The Morgan fingerprint density at radius 3 is 2.56 bits per heavy atom. The van der Waals surface area contributed by atoms with Crippen LogP contribution in [-0.2, 0) is 16.0 Å². The zero-order valence-corrected chi connectivity index (χ0v) is 16.0. The molecule has 0 atom stereocenters. The first kappa shape index (κ1) is 19.5. The summed E-state index contributed by atoms with van der Waals surface area (Å²) in [7, 11) is 1.63. The molecule has 2 amide bonds. The molecular formula is C15H18N4O3S3. The Bertz CT molecular complexity index is 724. The lowest BCUT2D eigenvalue weighted by atomic mass is 10.1. The molecule has 2 aromatic rings. The third kappa shape index (κ3) is 6.92. The molecule has 0 spiro atoms. The van der Waals surface area contributed by atoms with Gasteiger partial charge in [-0.05, 0) is 18.1 Å². The Labute approximate surface area is 158 Å². The Morgan fingerprint density at radius 2 is 1.88 bits per heavy atom. The lowest BCUT2D eigenvalue weighted by Gasteiger charge is -2.08. The number of carbonyl (C=O) groups excluding carboxylic acids is 2. The molecule has 0 aliphatic heterocycles. The first-order chi connectivity index (χ1) is 12.1. The summed E-state index contributed by atoms with van der Waals surface area (Å²) in [4.78, 5) is 22.6. The van der Waals surface area contributed by atoms with Crippen molar-refractivity contribution in [1.82, 2.24) is 15.5 Å². The first-order valence-corrected chi connectivity index (χ1v) is 10.1. The van der Waals surface area contributed by atoms with Crippen LogP contribution < -0.4 is 15.8 Å². The van der Waals surface area contributed by atoms with Gasteiger partial charge in [0.05, 0.1) is 18.6 Å². The van der Waals surface area contributed by atoms with E-state index < -0.39 is 5.91 Å². The van der Waals surface area contributed by atoms with Crippen LogP contribution in [0.15, 0.2) is 32.9 Å². The van der Waals surface area contributed by atoms with Crippen molar-refractivity contribution in [3.63, 3.8) is 0 Å². The molecular weight excluding hydrogens is 380 g/mol. The lowest BCUT2D eigenvalue weighted by molar-refractivity contribution is -0.118. The van der Waals surface area contributed by atoms with Crippen LogP contribution in [0.5, 0.6) is 5.75 Å². The number of rotatable bonds is 10. The minimum absolute atomic E-state index is 0.0681. The zero-order valence-electron chi connectivity index (χ0n) is 13.6. The summed E-state index contributed by atoms with van der Waals surface area (Å²) < 4.78 is 6.64. The normalized spacial score (nSPS) is 10.4. The molecule has 0 radical (unpaired) electrons. The number of nitrogens with one attached hydrogen (secondary N) is 1. The number of amides is 2. The summed E-state index contributed by atoms with van der Waals surface area (Å²) in [5.74, 6) is 0.787. The minimum Gasteiger partial charge on any atom is -0.496 e. The van der Waals surface area contributed by atoms with Crippen LogP contribution >= 0.6 is 34.9 Å². The number of para-hydroxylation sites is 1. The molecule has 7 nitrogen and oxygen atoms in total. The molecule has 2 rings (SSSR count). The third-order valence-electron chi connectivity index (χ3n) is 2.96. The van der Waals surface area contributed by atoms with Crippen LogP contribution in [-0.4, -0.2) is 47.2 Å². The second kappa shape index (κ2) is 10.3. The molecule has 0 aliphatic rings. The molecule has 134 valence electrons. The van der Waals surface area contributed by atoms with E-state index in [1.54, 1.807) is 7.11 Å². The van der Waals surface area contributed by atoms with Gasteiger partial charge in [-0.1, -0.05) is 53.1 Å². The second-order valence-electron chi connectivity index (χ2n) is 4.79. The van der Waals surface area contributed by atoms with Crippen molar-refractivity contribution in [2.24, 2.45) is 5.73 Å². The summed E-state index contributed by atoms with van der Waals surface area (Å²) in [5.41, 5.74) is 6.14. The summed E-state index contributed by atoms with van der Waals surface area (Å²) >= 11 is 3.90. The first-order valence-electron chi connectivity index (χ1n) is 7.34. The van der Waals surface area contributed by atoms with E-state index in [1.807, 2.05) is 24.3 Å². The van der Waals surface area contributed by atoms with Gasteiger partial charge in [0.2, 0.25) is 11.8 Å². The molecule has 0 unspecified atom stereocenters. The van der Waals surface area contributed by atoms with Crippen molar-refractivity contribution < 1.29 is 14.3 Å². The highest BCUT2D eigenvalue weighted by atomic mass is 32.2. The number of hydrogen-bond donors (Lipinski definition) is 2. The molecule has 1 aromatic carbocycles. The van der Waals surface area contributed by atoms with E-state index in [0.717, 1.165) is 11.3 Å². The van der Waals surface area contributed by atoms with Gasteiger partial charge in [-0.2, -0.15) is 0 Å². The van der Waals surface area contributed by atoms with Crippen LogP contribution in [0.3, 0.4) is 0 Å². The number of carbonyl (C=O) groups is 2. The summed E-state index contributed by atoms with van der Waals surface area (Å²) in [6.45, 7) is 0.537. The third-order valence-corrected chi connectivity index (χ3v) is 6.17. The summed E-state index contributed by atoms with van der Waals surface area (Å²) in [6, 6.07) is 7.73. The quantitative estimate of drug-likeness (QED) is 0.585. The topological polar surface area (TPSA) is 107 Å². The van der Waals surface area contributed by atoms with Gasteiger partial charge in [0.25, 0.3) is 0 Å². The molecule has 25 heavy (non-hydrogen) atoms. The molecule has 0 saturated heterocycles. The molecule has 1 aromatic heterocycles. The highest BCUT2D eigenvalue weighted by Gasteiger charge is 2.10. The van der Waals surface area contributed by atoms with Gasteiger partial charge in [0, 0.05) is 6.54 Å². The van der Waals surface area contributed by atoms with Gasteiger partial charge < -0.3 is 15.8 Å². The molecule has 0 saturated carbocycles. The number of thioether (sulfide) groups is 2. The van der Waals surface area contributed by atoms with Crippen molar-refractivity contribution >= 4 is 46.7 Å². The number of ether oxygens (including phenoxy) is 1. The van der Waals surface area contributed by atoms with Crippen LogP contribution in [0.4, 0.5) is 0 Å². The Balaban J connectivity index is 1.69. The standard InChI is InChI=1S/C15H18N4O3S3/c1-22-11-5-3-2-4-10(11)6-7-17-13(21)9-24-15-19-18-14(25-15)23-8-12(16)20/h2-5H,6-9H2,1H3,(H2,16,20)(H,17,21). The SMILES string of the molecule is COc1ccccc1CCNC(=O)CSc1nnc(SCC(N)=O)s1. The van der Waals surface area contributed by atoms with Gasteiger partial charge in [-0.3, -0.25) is 9.59 Å². The fraction of sp³-hybridized carbons (Fsp3) is 0.333. The lowest BCUT2D eigenvalue weighted by Crippen LogP contribution is -2.27. The minimum atomic E-state index is -0.399. The fourth-order valence-electron chi connectivity index (χ4n) is 1.87. The number of aromatic nitrogens is 2. The monoisotopic (exact) mass is 398 g/mol. The highest BCUT2D eigenvalue weighted by Crippen LogP contribution is 2.28. The molecule has 10 heteroatoms. The van der Waals surface area contributed by atoms with E-state index in [2.05, 4.69) is 15.5 Å². The van der Waals surface area contributed by atoms with E-state index in [-0.39, 0.29) is 17.4 Å². The van der Waals surface area contributed by atoms with Gasteiger partial charge in [0.1, 0.15) is 5.75 Å². The maximum atomic E-state index is 11.9. The molecule has 0 bridgehead atoms. The largest absolute Gasteiger partial charge is 0.496 e. The van der Waals surface area contributed by atoms with Crippen molar-refractivity contribution in [2.45, 2.75) is 15.1 Å². The van der Waals surface area contributed by atoms with Gasteiger partial charge >= 0.3 is 0 Å². The van der Waals surface area contributed by atoms with Gasteiger partial charge in [-0.25, -0.2) is 0 Å². The maximum Gasteiger partial charge on any atom is 0.230 e. The van der Waals surface area contributed by atoms with E-state index in [9.17, 15) is 9.59 Å². The van der Waals surface area contributed by atoms with Gasteiger partial charge in [-0.15, -0.1) is 10.2 Å². The zero-order chi connectivity index (χ0) is 18.1. The Morgan fingerprint density at radius 1 is 1.20 bits per heavy atom. The molecule has 0 aliphatic carbocycles. The van der Waals surface area contributed by atoms with Crippen LogP contribution in [0.1, 0.15) is 5.56 Å². The van der Waals surface area contributed by atoms with Crippen molar-refractivity contribution in [2.75, 3.05) is 25.2 Å². The van der Waals surface area contributed by atoms with Crippen molar-refractivity contribution in [3.05, 3.63) is 29.8 Å². The number of nitrogens with two attached hydrogens (primary N) is 1. The average molecular weight is 399 g/mol. The Kier molecular flexibility index (Phi) is 8.02. The maximum absolute atomic E-state index is 11.9. The number of methoxy groups -OCH3 is 1. The highest BCUT2D eigenvalue weighted by molar-refractivity contribution is 8.03. The van der Waals surface area contributed by atoms with E-state index >= 15 is 0 Å². The molecule has 3 N–H and O–H groups in total. The number of nitrogens with zero attached hydrogens (tertiary/aromatic N) is 2. The number of hydrogen-bond acceptors (Lipinski definition) is 8. The fourth-order valence-corrected chi connectivity index (χ4v) is 4.46. The summed E-state index contributed by atoms with van der Waals surface area (Å²) in [6.07, 6.45) is 0.702. The van der Waals surface area contributed by atoms with E-state index in [1.165, 1.54) is 34.9 Å². The van der Waals surface area contributed by atoms with Crippen LogP contribution in [0.25, 0.3) is 0 Å². The predicted octanol–water partition coefficient (Wildman–Crippen LogP) is 1.58. The van der Waals surface area contributed by atoms with Crippen molar-refractivity contribution in [3.8, 4) is 5.75 Å². The van der Waals surface area contributed by atoms with Crippen LogP contribution in [0, 0.1) is 0 Å². The molecule has 0 fully saturated rings. The summed E-state index contributed by atoms with van der Waals surface area (Å²) in [5, 5.41) is 10.8. The van der Waals surface area contributed by atoms with E-state index in [0.29, 0.717) is 21.6 Å². The Hall–Kier alpha value is -1.78.